The second-order valence-electron chi connectivity index (χ2n) is 4.95. The number of carbonyl (C=O) groups is 1. The number of carboxylic acid groups (broad SMARTS) is 1. The molecule has 2 heterocycles. The Bertz CT molecular complexity index is 596. The Kier molecular flexibility index (Phi) is 2.62. The Morgan fingerprint density at radius 2 is 2.06 bits per heavy atom. The van der Waals surface area contributed by atoms with Crippen LogP contribution < -0.4 is 0 Å². The van der Waals surface area contributed by atoms with Gasteiger partial charge in [-0.1, -0.05) is 32.4 Å². The number of aromatic nitrogens is 2. The predicted molar refractivity (Wildman–Crippen MR) is 65.9 cm³/mol. The Hall–Kier alpha value is -1.55. The molecular weight excluding hydrogens is 240 g/mol. The van der Waals surface area contributed by atoms with Gasteiger partial charge in [0.05, 0.1) is 11.1 Å². The molecule has 0 spiro atoms. The summed E-state index contributed by atoms with van der Waals surface area (Å²) in [6, 6.07) is 3.20. The summed E-state index contributed by atoms with van der Waals surface area (Å²) in [4.78, 5) is 15.2. The molecule has 0 saturated carbocycles. The molecule has 0 unspecified atom stereocenters. The molecule has 0 amide bonds. The number of aromatic carboxylic acids is 1. The van der Waals surface area contributed by atoms with Gasteiger partial charge in [-0.3, -0.25) is 0 Å². The molecule has 0 radical (unpaired) electrons. The highest BCUT2D eigenvalue weighted by Crippen LogP contribution is 2.27. The minimum Gasteiger partial charge on any atom is -0.478 e. The fourth-order valence-corrected chi connectivity index (χ4v) is 1.94. The van der Waals surface area contributed by atoms with Crippen molar-refractivity contribution in [2.24, 2.45) is 0 Å². The van der Waals surface area contributed by atoms with Crippen LogP contribution in [0.5, 0.6) is 0 Å². The van der Waals surface area contributed by atoms with Crippen LogP contribution in [0.4, 0.5) is 0 Å². The molecule has 17 heavy (non-hydrogen) atoms. The molecule has 0 bridgehead atoms. The SMILES string of the molecule is CC(C)(C)c1nc(Cl)c2ccc(C(=O)O)cn12. The second-order valence-corrected chi connectivity index (χ2v) is 5.31. The van der Waals surface area contributed by atoms with E-state index in [1.165, 1.54) is 6.07 Å². The maximum atomic E-state index is 10.9. The molecule has 0 atom stereocenters. The summed E-state index contributed by atoms with van der Waals surface area (Å²) in [7, 11) is 0. The lowest BCUT2D eigenvalue weighted by Gasteiger charge is -2.16. The first-order valence-corrected chi connectivity index (χ1v) is 5.60. The van der Waals surface area contributed by atoms with E-state index >= 15 is 0 Å². The minimum absolute atomic E-state index is 0.201. The molecule has 0 saturated heterocycles. The van der Waals surface area contributed by atoms with Gasteiger partial charge in [0.15, 0.2) is 5.15 Å². The van der Waals surface area contributed by atoms with Crippen molar-refractivity contribution in [3.8, 4) is 0 Å². The molecule has 0 aliphatic heterocycles. The number of carboxylic acids is 1. The summed E-state index contributed by atoms with van der Waals surface area (Å²) in [5, 5.41) is 9.37. The summed E-state index contributed by atoms with van der Waals surface area (Å²) >= 11 is 6.04. The maximum absolute atomic E-state index is 10.9. The quantitative estimate of drug-likeness (QED) is 0.849. The third-order valence-corrected chi connectivity index (χ3v) is 2.79. The minimum atomic E-state index is -0.961. The topological polar surface area (TPSA) is 54.6 Å². The molecule has 2 aromatic heterocycles. The van der Waals surface area contributed by atoms with Crippen LogP contribution in [0.1, 0.15) is 37.0 Å². The molecule has 2 aromatic rings. The van der Waals surface area contributed by atoms with Crippen molar-refractivity contribution in [1.82, 2.24) is 9.38 Å². The van der Waals surface area contributed by atoms with Gasteiger partial charge < -0.3 is 9.51 Å². The monoisotopic (exact) mass is 252 g/mol. The summed E-state index contributed by atoms with van der Waals surface area (Å²) in [5.74, 6) is -0.211. The summed E-state index contributed by atoms with van der Waals surface area (Å²) in [5.41, 5.74) is 0.742. The summed E-state index contributed by atoms with van der Waals surface area (Å²) in [6.45, 7) is 6.02. The zero-order valence-electron chi connectivity index (χ0n) is 9.86. The molecule has 0 aliphatic rings. The number of halogens is 1. The number of pyridine rings is 1. The van der Waals surface area contributed by atoms with Crippen molar-refractivity contribution in [1.29, 1.82) is 0 Å². The van der Waals surface area contributed by atoms with Gasteiger partial charge in [0.1, 0.15) is 5.82 Å². The van der Waals surface area contributed by atoms with Crippen LogP contribution in [0.15, 0.2) is 18.3 Å². The Balaban J connectivity index is 2.78. The Morgan fingerprint density at radius 3 is 2.59 bits per heavy atom. The van der Waals surface area contributed by atoms with Gasteiger partial charge in [-0.15, -0.1) is 0 Å². The number of hydrogen-bond donors (Lipinski definition) is 1. The lowest BCUT2D eigenvalue weighted by Crippen LogP contribution is -2.16. The van der Waals surface area contributed by atoms with Crippen molar-refractivity contribution in [3.05, 3.63) is 34.9 Å². The third-order valence-electron chi connectivity index (χ3n) is 2.51. The molecule has 90 valence electrons. The average Bonchev–Trinajstić information content (AvgIpc) is 2.55. The number of nitrogens with zero attached hydrogens (tertiary/aromatic N) is 2. The van der Waals surface area contributed by atoms with Crippen LogP contribution in [0, 0.1) is 0 Å². The first-order valence-electron chi connectivity index (χ1n) is 5.22. The Morgan fingerprint density at radius 1 is 1.41 bits per heavy atom. The normalized spacial score (nSPS) is 12.0. The third kappa shape index (κ3) is 2.00. The lowest BCUT2D eigenvalue weighted by atomic mass is 9.96. The number of fused-ring (bicyclic) bond motifs is 1. The van der Waals surface area contributed by atoms with Crippen molar-refractivity contribution in [3.63, 3.8) is 0 Å². The highest BCUT2D eigenvalue weighted by atomic mass is 35.5. The highest BCUT2D eigenvalue weighted by molar-refractivity contribution is 6.32. The average molecular weight is 253 g/mol. The standard InChI is InChI=1S/C12H13ClN2O2/c1-12(2,3)11-14-9(13)8-5-4-7(10(16)17)6-15(8)11/h4-6H,1-3H3,(H,16,17). The zero-order valence-corrected chi connectivity index (χ0v) is 10.6. The molecule has 0 aliphatic carbocycles. The molecular formula is C12H13ClN2O2. The van der Waals surface area contributed by atoms with E-state index in [9.17, 15) is 4.79 Å². The van der Waals surface area contributed by atoms with E-state index in [0.29, 0.717) is 5.15 Å². The van der Waals surface area contributed by atoms with E-state index in [-0.39, 0.29) is 11.0 Å². The van der Waals surface area contributed by atoms with Crippen molar-refractivity contribution in [2.45, 2.75) is 26.2 Å². The molecule has 5 heteroatoms. The zero-order chi connectivity index (χ0) is 12.8. The fraction of sp³-hybridized carbons (Fsp3) is 0.333. The van der Waals surface area contributed by atoms with Gasteiger partial charge in [-0.2, -0.15) is 0 Å². The second kappa shape index (κ2) is 3.74. The van der Waals surface area contributed by atoms with Crippen LogP contribution in [-0.4, -0.2) is 20.5 Å². The maximum Gasteiger partial charge on any atom is 0.337 e. The highest BCUT2D eigenvalue weighted by Gasteiger charge is 2.22. The molecule has 0 fully saturated rings. The van der Waals surface area contributed by atoms with Gasteiger partial charge >= 0.3 is 5.97 Å². The predicted octanol–water partition coefficient (Wildman–Crippen LogP) is 2.98. The lowest BCUT2D eigenvalue weighted by molar-refractivity contribution is 0.0696. The smallest absolute Gasteiger partial charge is 0.337 e. The van der Waals surface area contributed by atoms with Gasteiger partial charge in [-0.25, -0.2) is 9.78 Å². The van der Waals surface area contributed by atoms with Gasteiger partial charge in [-0.05, 0) is 12.1 Å². The van der Waals surface area contributed by atoms with Crippen molar-refractivity contribution < 1.29 is 9.90 Å². The van der Waals surface area contributed by atoms with Crippen LogP contribution >= 0.6 is 11.6 Å². The van der Waals surface area contributed by atoms with E-state index in [2.05, 4.69) is 4.98 Å². The van der Waals surface area contributed by atoms with Crippen molar-refractivity contribution >= 4 is 23.1 Å². The molecule has 1 N–H and O–H groups in total. The van der Waals surface area contributed by atoms with E-state index in [0.717, 1.165) is 11.3 Å². The summed E-state index contributed by atoms with van der Waals surface area (Å²) in [6.07, 6.45) is 1.55. The van der Waals surface area contributed by atoms with Crippen LogP contribution in [0.3, 0.4) is 0 Å². The fourth-order valence-electron chi connectivity index (χ4n) is 1.70. The van der Waals surface area contributed by atoms with E-state index < -0.39 is 5.97 Å². The van der Waals surface area contributed by atoms with E-state index in [4.69, 9.17) is 16.7 Å². The van der Waals surface area contributed by atoms with Crippen LogP contribution in [-0.2, 0) is 5.41 Å². The number of rotatable bonds is 1. The van der Waals surface area contributed by atoms with E-state index in [1.807, 2.05) is 20.8 Å². The Labute approximate surface area is 104 Å². The van der Waals surface area contributed by atoms with E-state index in [1.54, 1.807) is 16.7 Å². The number of imidazole rings is 1. The van der Waals surface area contributed by atoms with Crippen molar-refractivity contribution in [2.75, 3.05) is 0 Å². The van der Waals surface area contributed by atoms with Gasteiger partial charge in [0.25, 0.3) is 0 Å². The van der Waals surface area contributed by atoms with Gasteiger partial charge in [0.2, 0.25) is 0 Å². The molecule has 4 nitrogen and oxygen atoms in total. The first-order chi connectivity index (χ1) is 7.80. The molecule has 0 aromatic carbocycles. The van der Waals surface area contributed by atoms with Crippen LogP contribution in [0.2, 0.25) is 5.15 Å². The van der Waals surface area contributed by atoms with Gasteiger partial charge in [0, 0.05) is 11.6 Å². The summed E-state index contributed by atoms with van der Waals surface area (Å²) < 4.78 is 1.74. The molecule has 2 rings (SSSR count). The van der Waals surface area contributed by atoms with Crippen LogP contribution in [0.25, 0.3) is 5.52 Å². The first kappa shape index (κ1) is 11.9. The largest absolute Gasteiger partial charge is 0.478 e. The number of hydrogen-bond acceptors (Lipinski definition) is 2.